The number of likely N-dealkylation sites (N-methyl/N-ethyl adjacent to an activating group) is 1. The highest BCUT2D eigenvalue weighted by Gasteiger charge is 2.09. The molecule has 0 aliphatic heterocycles. The van der Waals surface area contributed by atoms with Crippen LogP contribution in [0.3, 0.4) is 0 Å². The van der Waals surface area contributed by atoms with Gasteiger partial charge in [-0.15, -0.1) is 0 Å². The third-order valence-electron chi connectivity index (χ3n) is 2.45. The third kappa shape index (κ3) is 5.04. The van der Waals surface area contributed by atoms with Crippen molar-refractivity contribution in [3.05, 3.63) is 24.0 Å². The van der Waals surface area contributed by atoms with Crippen molar-refractivity contribution < 1.29 is 4.79 Å². The number of carbonyl (C=O) groups excluding carboxylic acids is 1. The molecule has 96 valence electrons. The summed E-state index contributed by atoms with van der Waals surface area (Å²) in [5, 5.41) is 3.42. The van der Waals surface area contributed by atoms with Crippen molar-refractivity contribution in [3.63, 3.8) is 0 Å². The smallest absolute Gasteiger partial charge is 0.241 e. The number of nitrogens with one attached hydrogen (secondary N) is 1. The normalized spacial score (nSPS) is 11.6. The number of carbonyl (C=O) groups is 1. The summed E-state index contributed by atoms with van der Waals surface area (Å²) in [5.74, 6) is 0.107. The summed E-state index contributed by atoms with van der Waals surface area (Å²) in [7, 11) is 3.54. The standard InChI is InChI=1S/C13H23N3O/c1-13(2,3)14-8-11-6-7-16(9-11)10-12(17)15(4)5/h6-7,9,14H,8,10H2,1-5H3. The van der Waals surface area contributed by atoms with Crippen molar-refractivity contribution in [1.82, 2.24) is 14.8 Å². The van der Waals surface area contributed by atoms with Crippen LogP contribution in [0.4, 0.5) is 0 Å². The van der Waals surface area contributed by atoms with Crippen LogP contribution in [0.5, 0.6) is 0 Å². The molecule has 1 rings (SSSR count). The second-order valence-corrected chi connectivity index (χ2v) is 5.58. The lowest BCUT2D eigenvalue weighted by Crippen LogP contribution is -2.34. The Morgan fingerprint density at radius 3 is 2.59 bits per heavy atom. The minimum absolute atomic E-state index is 0.107. The summed E-state index contributed by atoms with van der Waals surface area (Å²) in [6.07, 6.45) is 3.96. The summed E-state index contributed by atoms with van der Waals surface area (Å²) >= 11 is 0. The maximum absolute atomic E-state index is 11.5. The molecule has 0 aliphatic carbocycles. The molecule has 1 heterocycles. The minimum atomic E-state index is 0.107. The van der Waals surface area contributed by atoms with E-state index in [1.165, 1.54) is 5.56 Å². The Bertz CT molecular complexity index is 374. The first-order valence-electron chi connectivity index (χ1n) is 5.88. The second-order valence-electron chi connectivity index (χ2n) is 5.58. The second kappa shape index (κ2) is 5.36. The van der Waals surface area contributed by atoms with Crippen molar-refractivity contribution in [3.8, 4) is 0 Å². The molecule has 0 aromatic carbocycles. The van der Waals surface area contributed by atoms with Crippen LogP contribution in [0.15, 0.2) is 18.5 Å². The fourth-order valence-electron chi connectivity index (χ4n) is 1.36. The first-order valence-corrected chi connectivity index (χ1v) is 5.88. The van der Waals surface area contributed by atoms with E-state index in [1.54, 1.807) is 19.0 Å². The van der Waals surface area contributed by atoms with Gasteiger partial charge >= 0.3 is 0 Å². The maximum atomic E-state index is 11.5. The van der Waals surface area contributed by atoms with E-state index in [0.717, 1.165) is 6.54 Å². The average molecular weight is 237 g/mol. The zero-order valence-electron chi connectivity index (χ0n) is 11.4. The largest absolute Gasteiger partial charge is 0.347 e. The van der Waals surface area contributed by atoms with Gasteiger partial charge in [-0.25, -0.2) is 0 Å². The highest BCUT2D eigenvalue weighted by molar-refractivity contribution is 5.75. The lowest BCUT2D eigenvalue weighted by Gasteiger charge is -2.19. The Kier molecular flexibility index (Phi) is 4.34. The van der Waals surface area contributed by atoms with Gasteiger partial charge in [0, 0.05) is 38.6 Å². The molecule has 1 N–H and O–H groups in total. The minimum Gasteiger partial charge on any atom is -0.347 e. The summed E-state index contributed by atoms with van der Waals surface area (Å²) < 4.78 is 1.92. The number of amides is 1. The molecule has 0 saturated heterocycles. The van der Waals surface area contributed by atoms with Gasteiger partial charge in [0.25, 0.3) is 0 Å². The lowest BCUT2D eigenvalue weighted by molar-refractivity contribution is -0.129. The summed E-state index contributed by atoms with van der Waals surface area (Å²) in [5.41, 5.74) is 1.31. The predicted octanol–water partition coefficient (Wildman–Crippen LogP) is 1.46. The molecule has 0 bridgehead atoms. The highest BCUT2D eigenvalue weighted by Crippen LogP contribution is 2.05. The van der Waals surface area contributed by atoms with Crippen LogP contribution in [-0.4, -0.2) is 35.0 Å². The molecule has 0 spiro atoms. The SMILES string of the molecule is CN(C)C(=O)Cn1ccc(CNC(C)(C)C)c1. The van der Waals surface area contributed by atoms with Crippen molar-refractivity contribution in [2.45, 2.75) is 39.4 Å². The van der Waals surface area contributed by atoms with Crippen LogP contribution < -0.4 is 5.32 Å². The molecule has 0 radical (unpaired) electrons. The van der Waals surface area contributed by atoms with E-state index in [1.807, 2.05) is 23.0 Å². The number of hydrogen-bond acceptors (Lipinski definition) is 2. The molecule has 0 unspecified atom stereocenters. The van der Waals surface area contributed by atoms with E-state index in [-0.39, 0.29) is 11.4 Å². The fourth-order valence-corrected chi connectivity index (χ4v) is 1.36. The number of nitrogens with zero attached hydrogens (tertiary/aromatic N) is 2. The Labute approximate surface area is 104 Å². The van der Waals surface area contributed by atoms with Gasteiger partial charge in [-0.05, 0) is 32.4 Å². The van der Waals surface area contributed by atoms with Gasteiger partial charge in [0.2, 0.25) is 5.91 Å². The van der Waals surface area contributed by atoms with E-state index >= 15 is 0 Å². The number of aromatic nitrogens is 1. The molecule has 0 fully saturated rings. The van der Waals surface area contributed by atoms with Crippen LogP contribution in [0.2, 0.25) is 0 Å². The molecule has 0 atom stereocenters. The zero-order chi connectivity index (χ0) is 13.1. The lowest BCUT2D eigenvalue weighted by atomic mass is 10.1. The highest BCUT2D eigenvalue weighted by atomic mass is 16.2. The van der Waals surface area contributed by atoms with Crippen LogP contribution in [0, 0.1) is 0 Å². The van der Waals surface area contributed by atoms with Crippen molar-refractivity contribution in [1.29, 1.82) is 0 Å². The third-order valence-corrected chi connectivity index (χ3v) is 2.45. The molecule has 1 aromatic rings. The number of hydrogen-bond donors (Lipinski definition) is 1. The predicted molar refractivity (Wildman–Crippen MR) is 69.7 cm³/mol. The molecule has 4 heteroatoms. The molecule has 1 amide bonds. The van der Waals surface area contributed by atoms with E-state index < -0.39 is 0 Å². The van der Waals surface area contributed by atoms with Crippen LogP contribution >= 0.6 is 0 Å². The first kappa shape index (κ1) is 13.8. The number of rotatable bonds is 4. The molecule has 0 aliphatic rings. The Hall–Kier alpha value is -1.29. The molecular weight excluding hydrogens is 214 g/mol. The first-order chi connectivity index (χ1) is 7.78. The average Bonchev–Trinajstić information content (AvgIpc) is 2.61. The fraction of sp³-hybridized carbons (Fsp3) is 0.615. The van der Waals surface area contributed by atoms with Crippen LogP contribution in [0.1, 0.15) is 26.3 Å². The van der Waals surface area contributed by atoms with Crippen molar-refractivity contribution in [2.75, 3.05) is 14.1 Å². The molecule has 4 nitrogen and oxygen atoms in total. The van der Waals surface area contributed by atoms with Gasteiger partial charge in [-0.1, -0.05) is 0 Å². The van der Waals surface area contributed by atoms with Gasteiger partial charge in [0.1, 0.15) is 6.54 Å². The van der Waals surface area contributed by atoms with E-state index in [4.69, 9.17) is 0 Å². The summed E-state index contributed by atoms with van der Waals surface area (Å²) in [4.78, 5) is 13.1. The zero-order valence-corrected chi connectivity index (χ0v) is 11.4. The Morgan fingerprint density at radius 1 is 1.41 bits per heavy atom. The van der Waals surface area contributed by atoms with E-state index in [9.17, 15) is 4.79 Å². The monoisotopic (exact) mass is 237 g/mol. The molecular formula is C13H23N3O. The molecule has 17 heavy (non-hydrogen) atoms. The molecule has 1 aromatic heterocycles. The van der Waals surface area contributed by atoms with Crippen molar-refractivity contribution in [2.24, 2.45) is 0 Å². The van der Waals surface area contributed by atoms with Crippen LogP contribution in [0.25, 0.3) is 0 Å². The topological polar surface area (TPSA) is 37.3 Å². The Morgan fingerprint density at radius 2 is 2.06 bits per heavy atom. The van der Waals surface area contributed by atoms with Gasteiger partial charge in [-0.2, -0.15) is 0 Å². The van der Waals surface area contributed by atoms with Gasteiger partial charge in [0.15, 0.2) is 0 Å². The summed E-state index contributed by atoms with van der Waals surface area (Å²) in [6.45, 7) is 7.65. The molecule has 0 saturated carbocycles. The van der Waals surface area contributed by atoms with Gasteiger partial charge in [0.05, 0.1) is 0 Å². The summed E-state index contributed by atoms with van der Waals surface area (Å²) in [6, 6.07) is 2.04. The van der Waals surface area contributed by atoms with E-state index in [0.29, 0.717) is 6.54 Å². The Balaban J connectivity index is 2.51. The van der Waals surface area contributed by atoms with E-state index in [2.05, 4.69) is 26.1 Å². The van der Waals surface area contributed by atoms with Crippen LogP contribution in [-0.2, 0) is 17.9 Å². The van der Waals surface area contributed by atoms with Crippen molar-refractivity contribution >= 4 is 5.91 Å². The van der Waals surface area contributed by atoms with Gasteiger partial charge < -0.3 is 14.8 Å². The van der Waals surface area contributed by atoms with Gasteiger partial charge in [-0.3, -0.25) is 4.79 Å². The maximum Gasteiger partial charge on any atom is 0.241 e. The quantitative estimate of drug-likeness (QED) is 0.861.